The van der Waals surface area contributed by atoms with Crippen LogP contribution in [0.15, 0.2) is 60.7 Å². The second-order valence-electron chi connectivity index (χ2n) is 4.69. The van der Waals surface area contributed by atoms with Gasteiger partial charge in [0.05, 0.1) is 11.4 Å². The number of benzene rings is 2. The van der Waals surface area contributed by atoms with Crippen LogP contribution in [0.2, 0.25) is 0 Å². The summed E-state index contributed by atoms with van der Waals surface area (Å²) < 4.78 is 1.80. The summed E-state index contributed by atoms with van der Waals surface area (Å²) in [5, 5.41) is 4.35. The van der Waals surface area contributed by atoms with Gasteiger partial charge in [-0.25, -0.2) is 4.68 Å². The van der Waals surface area contributed by atoms with Crippen molar-refractivity contribution in [2.45, 2.75) is 6.92 Å². The van der Waals surface area contributed by atoms with E-state index >= 15 is 0 Å². The van der Waals surface area contributed by atoms with E-state index in [4.69, 9.17) is 0 Å². The van der Waals surface area contributed by atoms with E-state index in [0.717, 1.165) is 23.2 Å². The van der Waals surface area contributed by atoms with E-state index in [1.54, 1.807) is 4.68 Å². The molecular formula is C17H14N2O. The minimum absolute atomic E-state index is 0.435. The second kappa shape index (κ2) is 5.13. The van der Waals surface area contributed by atoms with Crippen molar-refractivity contribution in [3.63, 3.8) is 0 Å². The van der Waals surface area contributed by atoms with Gasteiger partial charge in [0.1, 0.15) is 5.69 Å². The summed E-state index contributed by atoms with van der Waals surface area (Å²) in [6, 6.07) is 19.8. The van der Waals surface area contributed by atoms with Crippen molar-refractivity contribution in [2.75, 3.05) is 0 Å². The smallest absolute Gasteiger partial charge is 0.170 e. The molecule has 3 heteroatoms. The van der Waals surface area contributed by atoms with Gasteiger partial charge in [-0.05, 0) is 25.1 Å². The van der Waals surface area contributed by atoms with E-state index in [9.17, 15) is 4.79 Å². The van der Waals surface area contributed by atoms with Gasteiger partial charge in [-0.3, -0.25) is 4.79 Å². The summed E-state index contributed by atoms with van der Waals surface area (Å²) in [6.45, 7) is 2.05. The van der Waals surface area contributed by atoms with Crippen LogP contribution in [0.25, 0.3) is 16.9 Å². The highest BCUT2D eigenvalue weighted by atomic mass is 16.1. The quantitative estimate of drug-likeness (QED) is 0.675. The normalized spacial score (nSPS) is 10.4. The molecule has 0 atom stereocenters. The zero-order valence-corrected chi connectivity index (χ0v) is 11.2. The van der Waals surface area contributed by atoms with Gasteiger partial charge in [-0.15, -0.1) is 0 Å². The number of para-hydroxylation sites is 1. The Morgan fingerprint density at radius 1 is 1.00 bits per heavy atom. The van der Waals surface area contributed by atoms with E-state index in [2.05, 4.69) is 24.2 Å². The fraction of sp³-hybridized carbons (Fsp3) is 0.0588. The van der Waals surface area contributed by atoms with Crippen LogP contribution in [-0.4, -0.2) is 16.1 Å². The van der Waals surface area contributed by atoms with Crippen LogP contribution in [0.3, 0.4) is 0 Å². The van der Waals surface area contributed by atoms with Crippen molar-refractivity contribution in [1.82, 2.24) is 9.78 Å². The van der Waals surface area contributed by atoms with Gasteiger partial charge in [-0.1, -0.05) is 48.0 Å². The Balaban J connectivity index is 2.17. The molecule has 3 aromatic rings. The van der Waals surface area contributed by atoms with Crippen molar-refractivity contribution >= 4 is 6.29 Å². The molecule has 0 saturated heterocycles. The zero-order chi connectivity index (χ0) is 13.9. The molecule has 0 aliphatic rings. The lowest BCUT2D eigenvalue weighted by molar-refractivity contribution is 0.111. The molecule has 0 N–H and O–H groups in total. The highest BCUT2D eigenvalue weighted by molar-refractivity contribution is 5.76. The Bertz CT molecular complexity index is 727. The molecule has 0 aliphatic carbocycles. The number of rotatable bonds is 3. The van der Waals surface area contributed by atoms with E-state index < -0.39 is 0 Å². The second-order valence-corrected chi connectivity index (χ2v) is 4.69. The first-order chi connectivity index (χ1) is 9.78. The maximum absolute atomic E-state index is 11.0. The molecule has 0 aliphatic heterocycles. The average molecular weight is 262 g/mol. The van der Waals surface area contributed by atoms with Crippen molar-refractivity contribution in [2.24, 2.45) is 0 Å². The van der Waals surface area contributed by atoms with Gasteiger partial charge in [0.15, 0.2) is 6.29 Å². The fourth-order valence-corrected chi connectivity index (χ4v) is 2.15. The highest BCUT2D eigenvalue weighted by Crippen LogP contribution is 2.23. The molecule has 0 saturated carbocycles. The number of carbonyl (C=O) groups is 1. The maximum Gasteiger partial charge on any atom is 0.170 e. The first-order valence-corrected chi connectivity index (χ1v) is 6.45. The number of nitrogens with zero attached hydrogens (tertiary/aromatic N) is 2. The van der Waals surface area contributed by atoms with Crippen LogP contribution in [-0.2, 0) is 0 Å². The number of aromatic nitrogens is 2. The fourth-order valence-electron chi connectivity index (χ4n) is 2.15. The van der Waals surface area contributed by atoms with E-state index in [0.29, 0.717) is 5.69 Å². The summed E-state index contributed by atoms with van der Waals surface area (Å²) in [5.74, 6) is 0. The molecule has 3 rings (SSSR count). The van der Waals surface area contributed by atoms with Crippen LogP contribution >= 0.6 is 0 Å². The molecule has 0 radical (unpaired) electrons. The lowest BCUT2D eigenvalue weighted by atomic mass is 10.1. The Morgan fingerprint density at radius 3 is 2.35 bits per heavy atom. The molecule has 20 heavy (non-hydrogen) atoms. The first-order valence-electron chi connectivity index (χ1n) is 6.45. The van der Waals surface area contributed by atoms with Crippen LogP contribution in [0.4, 0.5) is 0 Å². The van der Waals surface area contributed by atoms with Crippen LogP contribution in [0.5, 0.6) is 0 Å². The van der Waals surface area contributed by atoms with Crippen molar-refractivity contribution in [1.29, 1.82) is 0 Å². The van der Waals surface area contributed by atoms with Gasteiger partial charge in [0.25, 0.3) is 0 Å². The monoisotopic (exact) mass is 262 g/mol. The van der Waals surface area contributed by atoms with E-state index in [-0.39, 0.29) is 0 Å². The number of hydrogen-bond donors (Lipinski definition) is 0. The van der Waals surface area contributed by atoms with Crippen molar-refractivity contribution in [3.8, 4) is 16.9 Å². The standard InChI is InChI=1S/C17H14N2O/c1-13-7-9-14(10-8-13)17-11-15(12-20)18-19(17)16-5-3-2-4-6-16/h2-12H,1H3. The number of carbonyl (C=O) groups excluding carboxylic acids is 1. The van der Waals surface area contributed by atoms with Crippen molar-refractivity contribution < 1.29 is 4.79 Å². The molecular weight excluding hydrogens is 248 g/mol. The lowest BCUT2D eigenvalue weighted by Crippen LogP contribution is -1.99. The van der Waals surface area contributed by atoms with Crippen LogP contribution < -0.4 is 0 Å². The molecule has 2 aromatic carbocycles. The maximum atomic E-state index is 11.0. The molecule has 98 valence electrons. The average Bonchev–Trinajstić information content (AvgIpc) is 2.93. The summed E-state index contributed by atoms with van der Waals surface area (Å²) in [4.78, 5) is 11.0. The van der Waals surface area contributed by atoms with Crippen LogP contribution in [0, 0.1) is 6.92 Å². The Kier molecular flexibility index (Phi) is 3.17. The molecule has 0 fully saturated rings. The summed E-state index contributed by atoms with van der Waals surface area (Å²) in [6.07, 6.45) is 0.775. The molecule has 0 bridgehead atoms. The summed E-state index contributed by atoms with van der Waals surface area (Å²) in [5.41, 5.74) is 4.54. The Labute approximate surface area is 117 Å². The highest BCUT2D eigenvalue weighted by Gasteiger charge is 2.10. The van der Waals surface area contributed by atoms with Crippen LogP contribution in [0.1, 0.15) is 16.1 Å². The third-order valence-electron chi connectivity index (χ3n) is 3.20. The SMILES string of the molecule is Cc1ccc(-c2cc(C=O)nn2-c2ccccc2)cc1. The Hall–Kier alpha value is -2.68. The molecule has 0 spiro atoms. The van der Waals surface area contributed by atoms with Gasteiger partial charge < -0.3 is 0 Å². The lowest BCUT2D eigenvalue weighted by Gasteiger charge is -2.07. The summed E-state index contributed by atoms with van der Waals surface area (Å²) in [7, 11) is 0. The zero-order valence-electron chi connectivity index (χ0n) is 11.2. The number of aldehydes is 1. The molecule has 0 amide bonds. The van der Waals surface area contributed by atoms with Gasteiger partial charge in [0, 0.05) is 5.56 Å². The third kappa shape index (κ3) is 2.26. The van der Waals surface area contributed by atoms with Gasteiger partial charge in [0.2, 0.25) is 0 Å². The molecule has 3 nitrogen and oxygen atoms in total. The number of hydrogen-bond acceptors (Lipinski definition) is 2. The largest absolute Gasteiger partial charge is 0.296 e. The molecule has 0 unspecified atom stereocenters. The predicted octanol–water partition coefficient (Wildman–Crippen LogP) is 3.66. The van der Waals surface area contributed by atoms with Gasteiger partial charge in [-0.2, -0.15) is 5.10 Å². The van der Waals surface area contributed by atoms with Crippen molar-refractivity contribution in [3.05, 3.63) is 71.9 Å². The topological polar surface area (TPSA) is 34.9 Å². The molecule has 1 aromatic heterocycles. The van der Waals surface area contributed by atoms with E-state index in [1.807, 2.05) is 48.5 Å². The minimum atomic E-state index is 0.435. The summed E-state index contributed by atoms with van der Waals surface area (Å²) >= 11 is 0. The first kappa shape index (κ1) is 12.4. The molecule has 1 heterocycles. The van der Waals surface area contributed by atoms with E-state index in [1.165, 1.54) is 5.56 Å². The predicted molar refractivity (Wildman–Crippen MR) is 79.1 cm³/mol. The third-order valence-corrected chi connectivity index (χ3v) is 3.20. The number of aryl methyl sites for hydroxylation is 1. The van der Waals surface area contributed by atoms with Gasteiger partial charge >= 0.3 is 0 Å². The Morgan fingerprint density at radius 2 is 1.70 bits per heavy atom. The minimum Gasteiger partial charge on any atom is -0.296 e.